The van der Waals surface area contributed by atoms with Gasteiger partial charge in [-0.15, -0.1) is 0 Å². The van der Waals surface area contributed by atoms with Crippen LogP contribution in [0.1, 0.15) is 23.0 Å². The van der Waals surface area contributed by atoms with Gasteiger partial charge in [0.1, 0.15) is 35.6 Å². The van der Waals surface area contributed by atoms with E-state index in [2.05, 4.69) is 15.3 Å². The van der Waals surface area contributed by atoms with E-state index in [-0.39, 0.29) is 23.0 Å². The van der Waals surface area contributed by atoms with Crippen molar-refractivity contribution in [3.05, 3.63) is 59.4 Å². The van der Waals surface area contributed by atoms with Crippen LogP contribution in [0.25, 0.3) is 0 Å². The number of benzene rings is 1. The van der Waals surface area contributed by atoms with Gasteiger partial charge in [0.15, 0.2) is 6.10 Å². The molecule has 0 saturated carbocycles. The van der Waals surface area contributed by atoms with Crippen molar-refractivity contribution < 1.29 is 27.4 Å². The number of aliphatic imine (C=N–C) groups is 1. The maximum Gasteiger partial charge on any atom is 0.283 e. The van der Waals surface area contributed by atoms with Crippen LogP contribution in [0, 0.1) is 11.6 Å². The van der Waals surface area contributed by atoms with Crippen LogP contribution in [0.5, 0.6) is 0 Å². The molecule has 0 spiro atoms. The lowest BCUT2D eigenvalue weighted by Crippen LogP contribution is -2.53. The molecule has 3 N–H and O–H groups in total. The van der Waals surface area contributed by atoms with Crippen LogP contribution in [0.2, 0.25) is 0 Å². The van der Waals surface area contributed by atoms with Crippen LogP contribution >= 0.6 is 0 Å². The van der Waals surface area contributed by atoms with Gasteiger partial charge in [-0.1, -0.05) is 0 Å². The molecular formula is C19H19F3N4O3. The largest absolute Gasteiger partial charge is 0.456 e. The molecule has 1 aromatic heterocycles. The van der Waals surface area contributed by atoms with Gasteiger partial charge < -0.3 is 20.5 Å². The van der Waals surface area contributed by atoms with Gasteiger partial charge in [0.25, 0.3) is 11.9 Å². The summed E-state index contributed by atoms with van der Waals surface area (Å²) >= 11 is 0. The molecule has 0 unspecified atom stereocenters. The predicted molar refractivity (Wildman–Crippen MR) is 99.2 cm³/mol. The van der Waals surface area contributed by atoms with Gasteiger partial charge in [0.2, 0.25) is 0 Å². The van der Waals surface area contributed by atoms with Crippen molar-refractivity contribution in [1.82, 2.24) is 4.98 Å². The molecule has 3 rings (SSSR count). The molecule has 2 aromatic rings. The topological polar surface area (TPSA) is 98.8 Å². The Kier molecular flexibility index (Phi) is 5.73. The Morgan fingerprint density at radius 1 is 1.34 bits per heavy atom. The highest BCUT2D eigenvalue weighted by molar-refractivity contribution is 6.02. The van der Waals surface area contributed by atoms with Crippen molar-refractivity contribution in [2.75, 3.05) is 19.1 Å². The van der Waals surface area contributed by atoms with Crippen LogP contribution < -0.4 is 11.1 Å². The molecule has 7 nitrogen and oxygen atoms in total. The number of nitrogens with two attached hydrogens (primary N) is 1. The number of hydrogen-bond donors (Lipinski definition) is 2. The normalized spacial score (nSPS) is 23.8. The van der Waals surface area contributed by atoms with Crippen molar-refractivity contribution in [1.29, 1.82) is 0 Å². The van der Waals surface area contributed by atoms with Gasteiger partial charge in [-0.3, -0.25) is 4.79 Å². The number of anilines is 1. The maximum absolute atomic E-state index is 14.7. The number of carbonyl (C=O) groups is 1. The van der Waals surface area contributed by atoms with Gasteiger partial charge in [-0.05, 0) is 37.3 Å². The third-order valence-electron chi connectivity index (χ3n) is 4.64. The number of rotatable bonds is 5. The predicted octanol–water partition coefficient (Wildman–Crippen LogP) is 2.53. The van der Waals surface area contributed by atoms with Gasteiger partial charge >= 0.3 is 0 Å². The van der Waals surface area contributed by atoms with Gasteiger partial charge in [0, 0.05) is 18.4 Å². The van der Waals surface area contributed by atoms with Gasteiger partial charge in [-0.25, -0.2) is 23.1 Å². The highest BCUT2D eigenvalue weighted by Crippen LogP contribution is 2.39. The number of hydrogen-bond acceptors (Lipinski definition) is 6. The zero-order valence-electron chi connectivity index (χ0n) is 15.7. The number of nitrogens with zero attached hydrogens (tertiary/aromatic N) is 2. The molecule has 2 heterocycles. The standard InChI is InChI=1S/C19H19F3N4O3/c1-19(16(28-2)15(8-20)29-18(23)26-19)12-7-11(4-5-13(12)22)25-17(27)14-6-3-10(21)9-24-14/h3-7,9,15-16H,8H2,1-2H3,(H2,23,26)(H,25,27)/t15-,16+,19-/m1/s1. The van der Waals surface area contributed by atoms with Crippen LogP contribution in [-0.2, 0) is 15.0 Å². The summed E-state index contributed by atoms with van der Waals surface area (Å²) in [5.41, 5.74) is 4.48. The lowest BCUT2D eigenvalue weighted by atomic mass is 9.83. The third-order valence-corrected chi connectivity index (χ3v) is 4.64. The van der Waals surface area contributed by atoms with E-state index in [1.165, 1.54) is 32.2 Å². The zero-order chi connectivity index (χ0) is 21.2. The second-order valence-electron chi connectivity index (χ2n) is 6.57. The average Bonchev–Trinajstić information content (AvgIpc) is 2.69. The quantitative estimate of drug-likeness (QED) is 0.792. The number of amides is 1. The Bertz CT molecular complexity index is 939. The molecule has 0 bridgehead atoms. The lowest BCUT2D eigenvalue weighted by molar-refractivity contribution is -0.0705. The number of nitrogens with one attached hydrogen (secondary N) is 1. The van der Waals surface area contributed by atoms with Gasteiger partial charge in [0.05, 0.1) is 6.20 Å². The first-order valence-corrected chi connectivity index (χ1v) is 8.62. The maximum atomic E-state index is 14.7. The minimum absolute atomic E-state index is 0.0240. The van der Waals surface area contributed by atoms with Crippen molar-refractivity contribution in [3.8, 4) is 0 Å². The number of pyridine rings is 1. The van der Waals surface area contributed by atoms with E-state index in [1.54, 1.807) is 0 Å². The fourth-order valence-corrected chi connectivity index (χ4v) is 3.30. The van der Waals surface area contributed by atoms with E-state index in [9.17, 15) is 18.0 Å². The van der Waals surface area contributed by atoms with Crippen molar-refractivity contribution in [2.24, 2.45) is 10.7 Å². The fraction of sp³-hybridized carbons (Fsp3) is 0.316. The molecule has 3 atom stereocenters. The number of halogens is 3. The monoisotopic (exact) mass is 408 g/mol. The third kappa shape index (κ3) is 4.02. The lowest BCUT2D eigenvalue weighted by Gasteiger charge is -2.41. The number of ether oxygens (including phenoxy) is 2. The second-order valence-corrected chi connectivity index (χ2v) is 6.57. The highest BCUT2D eigenvalue weighted by Gasteiger charge is 2.47. The van der Waals surface area contributed by atoms with Crippen LogP contribution in [0.3, 0.4) is 0 Å². The molecule has 29 heavy (non-hydrogen) atoms. The van der Waals surface area contributed by atoms with E-state index in [0.717, 1.165) is 18.3 Å². The number of amidine groups is 1. The highest BCUT2D eigenvalue weighted by atomic mass is 19.1. The summed E-state index contributed by atoms with van der Waals surface area (Å²) in [4.78, 5) is 20.2. The minimum atomic E-state index is -1.41. The Balaban J connectivity index is 1.97. The fourth-order valence-electron chi connectivity index (χ4n) is 3.30. The number of methoxy groups -OCH3 is 1. The molecule has 0 aliphatic carbocycles. The summed E-state index contributed by atoms with van der Waals surface area (Å²) in [6.45, 7) is 0.614. The van der Waals surface area contributed by atoms with Crippen LogP contribution in [0.4, 0.5) is 18.9 Å². The smallest absolute Gasteiger partial charge is 0.283 e. The number of alkyl halides is 1. The zero-order valence-corrected chi connectivity index (χ0v) is 15.7. The average molecular weight is 408 g/mol. The molecule has 10 heteroatoms. The SMILES string of the molecule is CO[C@H]1[C@@H](CF)OC(N)=N[C@]1(C)c1cc(NC(=O)c2ccc(F)cn2)ccc1F. The number of carbonyl (C=O) groups excluding carboxylic acids is 1. The van der Waals surface area contributed by atoms with Crippen molar-refractivity contribution in [2.45, 2.75) is 24.7 Å². The Morgan fingerprint density at radius 3 is 2.72 bits per heavy atom. The van der Waals surface area contributed by atoms with Crippen molar-refractivity contribution in [3.63, 3.8) is 0 Å². The Morgan fingerprint density at radius 2 is 2.10 bits per heavy atom. The van der Waals surface area contributed by atoms with Crippen LogP contribution in [-0.4, -0.2) is 42.9 Å². The van der Waals surface area contributed by atoms with Crippen LogP contribution in [0.15, 0.2) is 41.5 Å². The first-order valence-electron chi connectivity index (χ1n) is 8.62. The molecule has 1 aliphatic rings. The summed E-state index contributed by atoms with van der Waals surface area (Å²) in [5.74, 6) is -1.85. The number of aromatic nitrogens is 1. The van der Waals surface area contributed by atoms with E-state index in [0.29, 0.717) is 0 Å². The van der Waals surface area contributed by atoms with E-state index in [4.69, 9.17) is 15.2 Å². The molecule has 0 saturated heterocycles. The summed E-state index contributed by atoms with van der Waals surface area (Å²) in [6, 6.07) is 5.83. The van der Waals surface area contributed by atoms with Gasteiger partial charge in [-0.2, -0.15) is 0 Å². The second kappa shape index (κ2) is 8.08. The van der Waals surface area contributed by atoms with Crippen molar-refractivity contribution >= 4 is 17.6 Å². The van der Waals surface area contributed by atoms with E-state index >= 15 is 0 Å². The molecule has 154 valence electrons. The molecule has 1 amide bonds. The van der Waals surface area contributed by atoms with E-state index in [1.807, 2.05) is 0 Å². The molecule has 0 radical (unpaired) electrons. The molecule has 0 fully saturated rings. The Labute approximate surface area is 164 Å². The molecule has 1 aromatic carbocycles. The minimum Gasteiger partial charge on any atom is -0.456 e. The molecular weight excluding hydrogens is 389 g/mol. The summed E-state index contributed by atoms with van der Waals surface area (Å²) in [5, 5.41) is 2.55. The molecule has 1 aliphatic heterocycles. The first-order chi connectivity index (χ1) is 13.8. The summed E-state index contributed by atoms with van der Waals surface area (Å²) in [7, 11) is 1.33. The first kappa shape index (κ1) is 20.6. The van der Waals surface area contributed by atoms with E-state index < -0.39 is 42.0 Å². The summed E-state index contributed by atoms with van der Waals surface area (Å²) in [6.07, 6.45) is -1.14. The Hall–Kier alpha value is -3.14. The summed E-state index contributed by atoms with van der Waals surface area (Å²) < 4.78 is 51.6.